The van der Waals surface area contributed by atoms with Crippen LogP contribution in [0.4, 0.5) is 0 Å². The highest BCUT2D eigenvalue weighted by molar-refractivity contribution is 5.90. The van der Waals surface area contributed by atoms with E-state index in [4.69, 9.17) is 4.74 Å². The average Bonchev–Trinajstić information content (AvgIpc) is 2.70. The third-order valence-corrected chi connectivity index (χ3v) is 3.97. The molecule has 1 saturated heterocycles. The number of hydrogen-bond donors (Lipinski definition) is 0. The lowest BCUT2D eigenvalue weighted by molar-refractivity contribution is -0.131. The van der Waals surface area contributed by atoms with Crippen LogP contribution >= 0.6 is 0 Å². The Balaban J connectivity index is 1.97. The zero-order chi connectivity index (χ0) is 8.34. The first-order valence-corrected chi connectivity index (χ1v) is 4.94. The van der Waals surface area contributed by atoms with Gasteiger partial charge in [-0.05, 0) is 26.2 Å². The van der Waals surface area contributed by atoms with E-state index in [1.807, 2.05) is 0 Å². The molecule has 1 aliphatic heterocycles. The van der Waals surface area contributed by atoms with Gasteiger partial charge >= 0.3 is 0 Å². The topological polar surface area (TPSA) is 26.3 Å². The molecule has 2 aliphatic carbocycles. The molecular formula is C10H14O2. The Morgan fingerprint density at radius 3 is 3.08 bits per heavy atom. The predicted molar refractivity (Wildman–Crippen MR) is 43.7 cm³/mol. The lowest BCUT2D eigenvalue weighted by Gasteiger charge is -2.26. The summed E-state index contributed by atoms with van der Waals surface area (Å²) in [6.45, 7) is 2.12. The van der Waals surface area contributed by atoms with E-state index in [0.717, 1.165) is 25.7 Å². The fourth-order valence-electron chi connectivity index (χ4n) is 3.24. The number of hydrogen-bond acceptors (Lipinski definition) is 2. The maximum Gasteiger partial charge on any atom is 0.142 e. The minimum Gasteiger partial charge on any atom is -0.374 e. The predicted octanol–water partition coefficient (Wildman–Crippen LogP) is 1.53. The van der Waals surface area contributed by atoms with Gasteiger partial charge in [0.1, 0.15) is 5.78 Å². The van der Waals surface area contributed by atoms with Crippen LogP contribution in [0.1, 0.15) is 32.6 Å². The molecule has 2 heteroatoms. The van der Waals surface area contributed by atoms with Gasteiger partial charge in [0, 0.05) is 12.3 Å². The van der Waals surface area contributed by atoms with E-state index >= 15 is 0 Å². The largest absolute Gasteiger partial charge is 0.374 e. The molecule has 3 rings (SSSR count). The zero-order valence-corrected chi connectivity index (χ0v) is 7.38. The molecule has 2 saturated carbocycles. The first-order valence-electron chi connectivity index (χ1n) is 4.94. The summed E-state index contributed by atoms with van der Waals surface area (Å²) in [6, 6.07) is 0. The van der Waals surface area contributed by atoms with Crippen molar-refractivity contribution in [3.63, 3.8) is 0 Å². The molecular weight excluding hydrogens is 152 g/mol. The Hall–Kier alpha value is -0.370. The minimum absolute atomic E-state index is 0.0255. The fourth-order valence-corrected chi connectivity index (χ4v) is 3.24. The van der Waals surface area contributed by atoms with E-state index in [-0.39, 0.29) is 5.41 Å². The standard InChI is InChI=1S/C10H14O2/c1-6-7-5-10(7)8(11)3-2-4-9(10)12-6/h6-7,9H,2-5H2,1H3/t6-,7-,9-,10-/m0/s1. The molecule has 0 bridgehead atoms. The van der Waals surface area contributed by atoms with Crippen molar-refractivity contribution >= 4 is 5.78 Å². The second-order valence-corrected chi connectivity index (χ2v) is 4.50. The normalized spacial score (nSPS) is 56.4. The number of ketones is 1. The Morgan fingerprint density at radius 2 is 2.42 bits per heavy atom. The lowest BCUT2D eigenvalue weighted by atomic mass is 9.81. The lowest BCUT2D eigenvalue weighted by Crippen LogP contribution is -2.33. The summed E-state index contributed by atoms with van der Waals surface area (Å²) in [4.78, 5) is 11.7. The molecule has 3 fully saturated rings. The van der Waals surface area contributed by atoms with E-state index in [2.05, 4.69) is 6.92 Å². The number of carbonyl (C=O) groups is 1. The molecule has 2 nitrogen and oxygen atoms in total. The van der Waals surface area contributed by atoms with Crippen molar-refractivity contribution in [2.45, 2.75) is 44.8 Å². The quantitative estimate of drug-likeness (QED) is 0.545. The van der Waals surface area contributed by atoms with E-state index < -0.39 is 0 Å². The molecule has 1 heterocycles. The summed E-state index contributed by atoms with van der Waals surface area (Å²) in [6.07, 6.45) is 4.73. The molecule has 0 amide bonds. The van der Waals surface area contributed by atoms with Crippen LogP contribution in [0, 0.1) is 11.3 Å². The van der Waals surface area contributed by atoms with Crippen molar-refractivity contribution < 1.29 is 9.53 Å². The molecule has 3 aliphatic rings. The van der Waals surface area contributed by atoms with Gasteiger partial charge in [0.15, 0.2) is 0 Å². The van der Waals surface area contributed by atoms with E-state index in [9.17, 15) is 4.79 Å². The molecule has 4 atom stereocenters. The van der Waals surface area contributed by atoms with Gasteiger partial charge in [-0.2, -0.15) is 0 Å². The van der Waals surface area contributed by atoms with Crippen LogP contribution in [0.25, 0.3) is 0 Å². The molecule has 0 aromatic carbocycles. The van der Waals surface area contributed by atoms with Gasteiger partial charge < -0.3 is 4.74 Å². The van der Waals surface area contributed by atoms with E-state index in [1.54, 1.807) is 0 Å². The van der Waals surface area contributed by atoms with Crippen molar-refractivity contribution in [1.82, 2.24) is 0 Å². The van der Waals surface area contributed by atoms with Crippen LogP contribution in [0.5, 0.6) is 0 Å². The maximum atomic E-state index is 11.7. The molecule has 12 heavy (non-hydrogen) atoms. The number of Topliss-reactive ketones (excluding diaryl/α,β-unsaturated/α-hetero) is 1. The molecule has 0 aromatic rings. The van der Waals surface area contributed by atoms with Crippen LogP contribution < -0.4 is 0 Å². The SMILES string of the molecule is C[C@@H]1O[C@H]2CCCC(=O)[C@@]23C[C@@H]13. The third kappa shape index (κ3) is 0.598. The van der Waals surface area contributed by atoms with Gasteiger partial charge in [-0.25, -0.2) is 0 Å². The Bertz CT molecular complexity index is 248. The van der Waals surface area contributed by atoms with Gasteiger partial charge in [-0.3, -0.25) is 4.79 Å². The van der Waals surface area contributed by atoms with Gasteiger partial charge in [-0.15, -0.1) is 0 Å². The summed E-state index contributed by atoms with van der Waals surface area (Å²) >= 11 is 0. The van der Waals surface area contributed by atoms with Gasteiger partial charge in [-0.1, -0.05) is 0 Å². The Labute approximate surface area is 72.3 Å². The van der Waals surface area contributed by atoms with Crippen LogP contribution in [-0.4, -0.2) is 18.0 Å². The van der Waals surface area contributed by atoms with Crippen molar-refractivity contribution in [3.8, 4) is 0 Å². The van der Waals surface area contributed by atoms with Gasteiger partial charge in [0.25, 0.3) is 0 Å². The highest BCUT2D eigenvalue weighted by Gasteiger charge is 2.71. The molecule has 1 spiro atoms. The summed E-state index contributed by atoms with van der Waals surface area (Å²) in [5, 5.41) is 0. The van der Waals surface area contributed by atoms with Crippen LogP contribution in [0.15, 0.2) is 0 Å². The number of rotatable bonds is 0. The molecule has 0 unspecified atom stereocenters. The fraction of sp³-hybridized carbons (Fsp3) is 0.900. The monoisotopic (exact) mass is 166 g/mol. The van der Waals surface area contributed by atoms with E-state index in [1.165, 1.54) is 0 Å². The minimum atomic E-state index is 0.0255. The molecule has 0 aromatic heterocycles. The van der Waals surface area contributed by atoms with Gasteiger partial charge in [0.2, 0.25) is 0 Å². The summed E-state index contributed by atoms with van der Waals surface area (Å²) < 4.78 is 5.77. The molecule has 0 N–H and O–H groups in total. The van der Waals surface area contributed by atoms with Crippen LogP contribution in [0.2, 0.25) is 0 Å². The van der Waals surface area contributed by atoms with Crippen LogP contribution in [-0.2, 0) is 9.53 Å². The Morgan fingerprint density at radius 1 is 1.58 bits per heavy atom. The van der Waals surface area contributed by atoms with Crippen molar-refractivity contribution in [2.75, 3.05) is 0 Å². The van der Waals surface area contributed by atoms with Crippen LogP contribution in [0.3, 0.4) is 0 Å². The maximum absolute atomic E-state index is 11.7. The third-order valence-electron chi connectivity index (χ3n) is 3.97. The number of carbonyl (C=O) groups excluding carboxylic acids is 1. The second-order valence-electron chi connectivity index (χ2n) is 4.50. The second kappa shape index (κ2) is 1.92. The van der Waals surface area contributed by atoms with Crippen molar-refractivity contribution in [2.24, 2.45) is 11.3 Å². The summed E-state index contributed by atoms with van der Waals surface area (Å²) in [5.41, 5.74) is 0.0255. The highest BCUT2D eigenvalue weighted by Crippen LogP contribution is 2.66. The van der Waals surface area contributed by atoms with Crippen molar-refractivity contribution in [3.05, 3.63) is 0 Å². The zero-order valence-electron chi connectivity index (χ0n) is 7.38. The first kappa shape index (κ1) is 7.07. The number of ether oxygens (including phenoxy) is 1. The van der Waals surface area contributed by atoms with E-state index in [0.29, 0.717) is 23.9 Å². The molecule has 66 valence electrons. The average molecular weight is 166 g/mol. The summed E-state index contributed by atoms with van der Waals surface area (Å²) in [5.74, 6) is 1.07. The smallest absolute Gasteiger partial charge is 0.142 e. The van der Waals surface area contributed by atoms with Crippen molar-refractivity contribution in [1.29, 1.82) is 0 Å². The highest BCUT2D eigenvalue weighted by atomic mass is 16.5. The molecule has 0 radical (unpaired) electrons. The summed E-state index contributed by atoms with van der Waals surface area (Å²) in [7, 11) is 0. The Kier molecular flexibility index (Phi) is 1.13. The first-order chi connectivity index (χ1) is 5.75. The van der Waals surface area contributed by atoms with Gasteiger partial charge in [0.05, 0.1) is 17.6 Å².